The quantitative estimate of drug-likeness (QED) is 0.740. The second kappa shape index (κ2) is 6.76. The highest BCUT2D eigenvalue weighted by molar-refractivity contribution is 7.86. The standard InChI is InChI=1S/C14H8Cl3NO3S/c15-11-5-12(16)14(13(17)6-11)21-22(19,20)8-10-3-1-2-9(4-10)7-18/h1-6H,8H2. The van der Waals surface area contributed by atoms with Gasteiger partial charge in [-0.2, -0.15) is 13.7 Å². The van der Waals surface area contributed by atoms with Crippen molar-refractivity contribution in [1.82, 2.24) is 0 Å². The number of nitriles is 1. The van der Waals surface area contributed by atoms with Gasteiger partial charge >= 0.3 is 10.1 Å². The molecule has 2 rings (SSSR count). The lowest BCUT2D eigenvalue weighted by Crippen LogP contribution is -2.12. The number of halogens is 3. The fraction of sp³-hybridized carbons (Fsp3) is 0.0714. The van der Waals surface area contributed by atoms with Gasteiger partial charge in [0.15, 0.2) is 5.75 Å². The van der Waals surface area contributed by atoms with Gasteiger partial charge in [-0.3, -0.25) is 0 Å². The smallest absolute Gasteiger partial charge is 0.313 e. The van der Waals surface area contributed by atoms with Gasteiger partial charge in [-0.15, -0.1) is 0 Å². The highest BCUT2D eigenvalue weighted by Crippen LogP contribution is 2.37. The highest BCUT2D eigenvalue weighted by atomic mass is 35.5. The minimum Gasteiger partial charge on any atom is -0.379 e. The molecule has 0 aliphatic heterocycles. The first-order valence-corrected chi connectivity index (χ1v) is 8.57. The summed E-state index contributed by atoms with van der Waals surface area (Å²) in [7, 11) is -3.99. The van der Waals surface area contributed by atoms with Crippen LogP contribution in [0.3, 0.4) is 0 Å². The van der Waals surface area contributed by atoms with Gasteiger partial charge in [-0.25, -0.2) is 0 Å². The summed E-state index contributed by atoms with van der Waals surface area (Å²) in [5.41, 5.74) is 0.774. The molecule has 0 atom stereocenters. The van der Waals surface area contributed by atoms with Crippen molar-refractivity contribution < 1.29 is 12.6 Å². The predicted octanol–water partition coefficient (Wildman–Crippen LogP) is 4.43. The minimum atomic E-state index is -3.99. The van der Waals surface area contributed by atoms with Gasteiger partial charge in [0.05, 0.1) is 21.7 Å². The molecule has 0 radical (unpaired) electrons. The molecule has 0 saturated heterocycles. The van der Waals surface area contributed by atoms with Gasteiger partial charge in [0.1, 0.15) is 5.75 Å². The maximum Gasteiger partial charge on any atom is 0.313 e. The first-order chi connectivity index (χ1) is 10.3. The summed E-state index contributed by atoms with van der Waals surface area (Å²) < 4.78 is 29.2. The van der Waals surface area contributed by atoms with Crippen molar-refractivity contribution in [2.75, 3.05) is 0 Å². The van der Waals surface area contributed by atoms with Crippen molar-refractivity contribution in [3.8, 4) is 11.8 Å². The molecule has 22 heavy (non-hydrogen) atoms. The first-order valence-electron chi connectivity index (χ1n) is 5.86. The van der Waals surface area contributed by atoms with Crippen molar-refractivity contribution in [2.24, 2.45) is 0 Å². The third-order valence-electron chi connectivity index (χ3n) is 2.57. The molecule has 2 aromatic carbocycles. The Morgan fingerprint density at radius 2 is 1.73 bits per heavy atom. The van der Waals surface area contributed by atoms with Crippen LogP contribution in [0.1, 0.15) is 11.1 Å². The fourth-order valence-corrected chi connectivity index (χ4v) is 3.77. The van der Waals surface area contributed by atoms with Crippen LogP contribution in [-0.2, 0) is 15.9 Å². The molecule has 4 nitrogen and oxygen atoms in total. The molecule has 0 unspecified atom stereocenters. The van der Waals surface area contributed by atoms with Crippen LogP contribution in [0.15, 0.2) is 36.4 Å². The van der Waals surface area contributed by atoms with E-state index in [4.69, 9.17) is 44.2 Å². The van der Waals surface area contributed by atoms with Crippen molar-refractivity contribution in [3.63, 3.8) is 0 Å². The zero-order valence-corrected chi connectivity index (χ0v) is 14.0. The Kier molecular flexibility index (Phi) is 5.20. The van der Waals surface area contributed by atoms with Crippen LogP contribution in [0, 0.1) is 11.3 Å². The van der Waals surface area contributed by atoms with E-state index in [2.05, 4.69) is 0 Å². The van der Waals surface area contributed by atoms with Crippen molar-refractivity contribution >= 4 is 44.9 Å². The molecule has 0 aliphatic rings. The normalized spacial score (nSPS) is 11.0. The lowest BCUT2D eigenvalue weighted by Gasteiger charge is -2.10. The molecular formula is C14H8Cl3NO3S. The second-order valence-electron chi connectivity index (χ2n) is 4.30. The lowest BCUT2D eigenvalue weighted by molar-refractivity contribution is 0.485. The van der Waals surface area contributed by atoms with Crippen LogP contribution < -0.4 is 4.18 Å². The largest absolute Gasteiger partial charge is 0.379 e. The Labute approximate surface area is 142 Å². The lowest BCUT2D eigenvalue weighted by atomic mass is 10.2. The molecule has 0 aliphatic carbocycles. The van der Waals surface area contributed by atoms with Gasteiger partial charge < -0.3 is 4.18 Å². The molecule has 0 bridgehead atoms. The third-order valence-corrected chi connectivity index (χ3v) is 4.46. The van der Waals surface area contributed by atoms with Crippen molar-refractivity contribution in [1.29, 1.82) is 5.26 Å². The van der Waals surface area contributed by atoms with Crippen LogP contribution in [0.25, 0.3) is 0 Å². The van der Waals surface area contributed by atoms with E-state index in [1.165, 1.54) is 18.2 Å². The van der Waals surface area contributed by atoms with E-state index < -0.39 is 15.9 Å². The topological polar surface area (TPSA) is 67.2 Å². The molecule has 0 saturated carbocycles. The van der Waals surface area contributed by atoms with E-state index in [1.54, 1.807) is 18.2 Å². The van der Waals surface area contributed by atoms with Crippen LogP contribution in [-0.4, -0.2) is 8.42 Å². The summed E-state index contributed by atoms with van der Waals surface area (Å²) in [4.78, 5) is 0. The molecular weight excluding hydrogens is 369 g/mol. The van der Waals surface area contributed by atoms with Crippen LogP contribution in [0.4, 0.5) is 0 Å². The summed E-state index contributed by atoms with van der Waals surface area (Å²) in [5, 5.41) is 9.07. The number of hydrogen-bond acceptors (Lipinski definition) is 4. The summed E-state index contributed by atoms with van der Waals surface area (Å²) in [6, 6.07) is 10.8. The number of hydrogen-bond donors (Lipinski definition) is 0. The van der Waals surface area contributed by atoms with Crippen LogP contribution in [0.2, 0.25) is 15.1 Å². The zero-order chi connectivity index (χ0) is 16.3. The molecule has 2 aromatic rings. The average molecular weight is 377 g/mol. The van der Waals surface area contributed by atoms with Crippen LogP contribution in [0.5, 0.6) is 5.75 Å². The summed E-state index contributed by atoms with van der Waals surface area (Å²) in [6.45, 7) is 0. The predicted molar refractivity (Wildman–Crippen MR) is 85.9 cm³/mol. The minimum absolute atomic E-state index is 0.00755. The molecule has 0 fully saturated rings. The fourth-order valence-electron chi connectivity index (χ4n) is 1.70. The van der Waals surface area contributed by atoms with Crippen molar-refractivity contribution in [2.45, 2.75) is 5.75 Å². The Balaban J connectivity index is 2.27. The molecule has 8 heteroatoms. The molecule has 0 N–H and O–H groups in total. The SMILES string of the molecule is N#Cc1cccc(CS(=O)(=O)Oc2c(Cl)cc(Cl)cc2Cl)c1. The summed E-state index contributed by atoms with van der Waals surface area (Å²) in [5.74, 6) is -0.596. The van der Waals surface area contributed by atoms with E-state index >= 15 is 0 Å². The van der Waals surface area contributed by atoms with E-state index in [1.807, 2.05) is 6.07 Å². The Morgan fingerprint density at radius 3 is 2.32 bits per heavy atom. The van der Waals surface area contributed by atoms with Gasteiger partial charge in [0, 0.05) is 5.02 Å². The Hall–Kier alpha value is -1.45. The van der Waals surface area contributed by atoms with E-state index in [-0.39, 0.29) is 20.8 Å². The van der Waals surface area contributed by atoms with E-state index in [0.717, 1.165) is 0 Å². The first kappa shape index (κ1) is 16.9. The second-order valence-corrected chi connectivity index (χ2v) is 7.12. The summed E-state index contributed by atoms with van der Waals surface area (Å²) in [6.07, 6.45) is 0. The Bertz CT molecular complexity index is 837. The van der Waals surface area contributed by atoms with Gasteiger partial charge in [0.25, 0.3) is 0 Å². The van der Waals surface area contributed by atoms with Gasteiger partial charge in [-0.05, 0) is 29.8 Å². The third kappa shape index (κ3) is 4.28. The van der Waals surface area contributed by atoms with Crippen LogP contribution >= 0.6 is 34.8 Å². The summed E-state index contributed by atoms with van der Waals surface area (Å²) >= 11 is 17.5. The molecule has 114 valence electrons. The molecule has 0 aromatic heterocycles. The molecule has 0 amide bonds. The zero-order valence-electron chi connectivity index (χ0n) is 10.9. The van der Waals surface area contributed by atoms with Crippen molar-refractivity contribution in [3.05, 3.63) is 62.6 Å². The molecule has 0 heterocycles. The number of benzene rings is 2. The maximum atomic E-state index is 12.1. The number of rotatable bonds is 4. The highest BCUT2D eigenvalue weighted by Gasteiger charge is 2.19. The van der Waals surface area contributed by atoms with Gasteiger partial charge in [-0.1, -0.05) is 46.9 Å². The number of nitrogens with zero attached hydrogens (tertiary/aromatic N) is 1. The van der Waals surface area contributed by atoms with E-state index in [0.29, 0.717) is 11.1 Å². The molecule has 0 spiro atoms. The van der Waals surface area contributed by atoms with E-state index in [9.17, 15) is 8.42 Å². The maximum absolute atomic E-state index is 12.1. The van der Waals surface area contributed by atoms with Gasteiger partial charge in [0.2, 0.25) is 0 Å². The monoisotopic (exact) mass is 375 g/mol. The Morgan fingerprint density at radius 1 is 1.09 bits per heavy atom. The average Bonchev–Trinajstić information content (AvgIpc) is 2.42.